The molecule has 1 saturated heterocycles. The molecule has 0 unspecified atom stereocenters. The lowest BCUT2D eigenvalue weighted by Gasteiger charge is -2.35. The molecule has 76 valence electrons. The summed E-state index contributed by atoms with van der Waals surface area (Å²) in [5.41, 5.74) is 1.03. The Morgan fingerprint density at radius 3 is 3.07 bits per heavy atom. The summed E-state index contributed by atoms with van der Waals surface area (Å²) in [6.07, 6.45) is 5.85. The lowest BCUT2D eigenvalue weighted by atomic mass is 9.66. The van der Waals surface area contributed by atoms with E-state index in [2.05, 4.69) is 19.9 Å². The lowest BCUT2D eigenvalue weighted by molar-refractivity contribution is -0.139. The van der Waals surface area contributed by atoms with Crippen LogP contribution in [0, 0.1) is 17.3 Å². The Kier molecular flexibility index (Phi) is 1.47. The predicted molar refractivity (Wildman–Crippen MR) is 52.6 cm³/mol. The number of carbonyl (C=O) groups is 1. The van der Waals surface area contributed by atoms with E-state index in [-0.39, 0.29) is 17.5 Å². The van der Waals surface area contributed by atoms with Crippen LogP contribution in [0.2, 0.25) is 0 Å². The number of carbonyl (C=O) groups excluding carboxylic acids is 1. The Labute approximate surface area is 84.3 Å². The van der Waals surface area contributed by atoms with E-state index < -0.39 is 0 Å². The molecule has 0 radical (unpaired) electrons. The van der Waals surface area contributed by atoms with Gasteiger partial charge < -0.3 is 4.74 Å². The van der Waals surface area contributed by atoms with Crippen LogP contribution < -0.4 is 0 Å². The highest BCUT2D eigenvalue weighted by molar-refractivity contribution is 5.93. The van der Waals surface area contributed by atoms with Crippen molar-refractivity contribution in [2.24, 2.45) is 17.3 Å². The van der Waals surface area contributed by atoms with Crippen LogP contribution in [0.25, 0.3) is 0 Å². The van der Waals surface area contributed by atoms with Crippen LogP contribution in [0.1, 0.15) is 33.1 Å². The van der Waals surface area contributed by atoms with Gasteiger partial charge in [-0.25, -0.2) is 4.79 Å². The summed E-state index contributed by atoms with van der Waals surface area (Å²) in [6, 6.07) is 0. The zero-order valence-electron chi connectivity index (χ0n) is 8.75. The standard InChI is InChI=1S/C12H16O2/c1-7-5-8-3-4-10-12(8,2)9(6-7)11(13)14-10/h6-8,10H,3-5H2,1-2H3/t7-,8+,10+,12+/m0/s1. The van der Waals surface area contributed by atoms with Gasteiger partial charge in [0.2, 0.25) is 0 Å². The highest BCUT2D eigenvalue weighted by Gasteiger charge is 2.59. The fourth-order valence-electron chi connectivity index (χ4n) is 3.61. The maximum absolute atomic E-state index is 11.7. The number of allylic oxidation sites excluding steroid dienone is 1. The summed E-state index contributed by atoms with van der Waals surface area (Å²) in [6.45, 7) is 4.42. The molecule has 0 amide bonds. The highest BCUT2D eigenvalue weighted by atomic mass is 16.6. The van der Waals surface area contributed by atoms with E-state index in [0.29, 0.717) is 11.8 Å². The molecule has 0 spiro atoms. The maximum Gasteiger partial charge on any atom is 0.334 e. The predicted octanol–water partition coefficient (Wildman–Crippen LogP) is 2.29. The van der Waals surface area contributed by atoms with E-state index in [9.17, 15) is 4.79 Å². The molecule has 2 heteroatoms. The first-order valence-corrected chi connectivity index (χ1v) is 5.55. The molecule has 0 aromatic rings. The van der Waals surface area contributed by atoms with E-state index in [0.717, 1.165) is 12.0 Å². The third-order valence-corrected chi connectivity index (χ3v) is 4.45. The third kappa shape index (κ3) is 0.800. The molecule has 14 heavy (non-hydrogen) atoms. The summed E-state index contributed by atoms with van der Waals surface area (Å²) in [4.78, 5) is 11.7. The lowest BCUT2D eigenvalue weighted by Crippen LogP contribution is -2.33. The average molecular weight is 192 g/mol. The van der Waals surface area contributed by atoms with Crippen LogP contribution in [-0.4, -0.2) is 12.1 Å². The molecule has 1 aliphatic heterocycles. The first kappa shape index (κ1) is 8.51. The average Bonchev–Trinajstić information content (AvgIpc) is 2.55. The van der Waals surface area contributed by atoms with Crippen molar-refractivity contribution in [3.8, 4) is 0 Å². The van der Waals surface area contributed by atoms with E-state index in [1.807, 2.05) is 0 Å². The topological polar surface area (TPSA) is 26.3 Å². The van der Waals surface area contributed by atoms with Crippen LogP contribution >= 0.6 is 0 Å². The normalized spacial score (nSPS) is 50.0. The van der Waals surface area contributed by atoms with Gasteiger partial charge >= 0.3 is 5.97 Å². The minimum Gasteiger partial charge on any atom is -0.458 e. The van der Waals surface area contributed by atoms with Crippen molar-refractivity contribution in [2.75, 3.05) is 0 Å². The van der Waals surface area contributed by atoms with Gasteiger partial charge in [-0.2, -0.15) is 0 Å². The zero-order valence-corrected chi connectivity index (χ0v) is 8.75. The summed E-state index contributed by atoms with van der Waals surface area (Å²) in [5, 5.41) is 0. The van der Waals surface area contributed by atoms with Gasteiger partial charge in [0.15, 0.2) is 0 Å². The second kappa shape index (κ2) is 2.41. The molecule has 4 atom stereocenters. The van der Waals surface area contributed by atoms with Crippen LogP contribution in [0.5, 0.6) is 0 Å². The van der Waals surface area contributed by atoms with Gasteiger partial charge in [0.05, 0.1) is 0 Å². The van der Waals surface area contributed by atoms with Crippen molar-refractivity contribution < 1.29 is 9.53 Å². The fourth-order valence-corrected chi connectivity index (χ4v) is 3.61. The quantitative estimate of drug-likeness (QED) is 0.550. The van der Waals surface area contributed by atoms with E-state index in [4.69, 9.17) is 4.74 Å². The Bertz CT molecular complexity index is 331. The van der Waals surface area contributed by atoms with E-state index in [1.165, 1.54) is 12.8 Å². The van der Waals surface area contributed by atoms with Gasteiger partial charge in [-0.1, -0.05) is 19.9 Å². The summed E-state index contributed by atoms with van der Waals surface area (Å²) >= 11 is 0. The van der Waals surface area contributed by atoms with Gasteiger partial charge in [-0.3, -0.25) is 0 Å². The molecule has 0 aromatic carbocycles. The molecule has 0 N–H and O–H groups in total. The molecule has 0 aromatic heterocycles. The van der Waals surface area contributed by atoms with Crippen molar-refractivity contribution in [1.29, 1.82) is 0 Å². The molecule has 1 heterocycles. The third-order valence-electron chi connectivity index (χ3n) is 4.45. The van der Waals surface area contributed by atoms with Gasteiger partial charge in [-0.05, 0) is 31.1 Å². The van der Waals surface area contributed by atoms with Crippen LogP contribution in [0.3, 0.4) is 0 Å². The van der Waals surface area contributed by atoms with E-state index >= 15 is 0 Å². The fraction of sp³-hybridized carbons (Fsp3) is 0.750. The van der Waals surface area contributed by atoms with Crippen molar-refractivity contribution >= 4 is 5.97 Å². The number of ether oxygens (including phenoxy) is 1. The second-order valence-corrected chi connectivity index (χ2v) is 5.24. The van der Waals surface area contributed by atoms with Gasteiger partial charge in [-0.15, -0.1) is 0 Å². The number of hydrogen-bond acceptors (Lipinski definition) is 2. The molecule has 1 saturated carbocycles. The Balaban J connectivity index is 2.14. The van der Waals surface area contributed by atoms with Crippen LogP contribution in [0.4, 0.5) is 0 Å². The minimum atomic E-state index is -0.0475. The Morgan fingerprint density at radius 1 is 1.50 bits per heavy atom. The summed E-state index contributed by atoms with van der Waals surface area (Å²) in [5.74, 6) is 1.18. The number of rotatable bonds is 0. The summed E-state index contributed by atoms with van der Waals surface area (Å²) < 4.78 is 5.44. The van der Waals surface area contributed by atoms with Crippen molar-refractivity contribution in [3.05, 3.63) is 11.6 Å². The van der Waals surface area contributed by atoms with Crippen molar-refractivity contribution in [2.45, 2.75) is 39.2 Å². The van der Waals surface area contributed by atoms with Crippen LogP contribution in [0.15, 0.2) is 11.6 Å². The molecule has 3 rings (SSSR count). The first-order valence-electron chi connectivity index (χ1n) is 5.55. The van der Waals surface area contributed by atoms with Crippen molar-refractivity contribution in [1.82, 2.24) is 0 Å². The van der Waals surface area contributed by atoms with E-state index in [1.54, 1.807) is 0 Å². The smallest absolute Gasteiger partial charge is 0.334 e. The molecule has 2 nitrogen and oxygen atoms in total. The van der Waals surface area contributed by atoms with Gasteiger partial charge in [0.1, 0.15) is 6.10 Å². The molecular weight excluding hydrogens is 176 g/mol. The molecule has 0 bridgehead atoms. The zero-order chi connectivity index (χ0) is 9.92. The summed E-state index contributed by atoms with van der Waals surface area (Å²) in [7, 11) is 0. The molecular formula is C12H16O2. The molecule has 3 aliphatic rings. The number of hydrogen-bond donors (Lipinski definition) is 0. The van der Waals surface area contributed by atoms with Gasteiger partial charge in [0.25, 0.3) is 0 Å². The van der Waals surface area contributed by atoms with Crippen molar-refractivity contribution in [3.63, 3.8) is 0 Å². The number of esters is 1. The highest BCUT2D eigenvalue weighted by Crippen LogP contribution is 2.58. The monoisotopic (exact) mass is 192 g/mol. The Hall–Kier alpha value is -0.790. The van der Waals surface area contributed by atoms with Crippen LogP contribution in [-0.2, 0) is 9.53 Å². The maximum atomic E-state index is 11.7. The molecule has 2 fully saturated rings. The second-order valence-electron chi connectivity index (χ2n) is 5.24. The van der Waals surface area contributed by atoms with Gasteiger partial charge in [0, 0.05) is 11.0 Å². The SMILES string of the molecule is C[C@@H]1C=C2C(=O)O[C@@H]3CC[C@H](C1)[C@]23C. The minimum absolute atomic E-state index is 0.0475. The Morgan fingerprint density at radius 2 is 2.29 bits per heavy atom. The molecule has 2 aliphatic carbocycles. The largest absolute Gasteiger partial charge is 0.458 e. The first-order chi connectivity index (χ1) is 6.62.